The molecule has 4 heterocycles. The number of ether oxygens (including phenoxy) is 3. The number of piperidine rings is 1. The number of fused-ring (bicyclic) bond motifs is 7. The molecule has 3 aliphatic heterocycles. The molecule has 41 heavy (non-hydrogen) atoms. The third-order valence-corrected chi connectivity index (χ3v) is 7.69. The van der Waals surface area contributed by atoms with E-state index >= 15 is 0 Å². The first-order chi connectivity index (χ1) is 19.8. The number of carbonyl (C=O) groups is 3. The first-order valence-electron chi connectivity index (χ1n) is 13.3. The minimum absolute atomic E-state index is 0.177. The van der Waals surface area contributed by atoms with E-state index in [1.165, 1.54) is 18.4 Å². The topological polar surface area (TPSA) is 122 Å². The Morgan fingerprint density at radius 2 is 2.00 bits per heavy atom. The molecule has 1 aromatic heterocycles. The summed E-state index contributed by atoms with van der Waals surface area (Å²) in [5.74, 6) is 0.456. The number of methoxy groups -OCH3 is 1. The van der Waals surface area contributed by atoms with Crippen molar-refractivity contribution in [2.24, 2.45) is 0 Å². The zero-order valence-corrected chi connectivity index (χ0v) is 24.0. The van der Waals surface area contributed by atoms with Crippen molar-refractivity contribution in [2.75, 3.05) is 40.9 Å². The molecule has 0 saturated carbocycles. The zero-order valence-electron chi connectivity index (χ0n) is 23.2. The molecule has 0 unspecified atom stereocenters. The van der Waals surface area contributed by atoms with Crippen LogP contribution in [0.25, 0.3) is 0 Å². The van der Waals surface area contributed by atoms with Crippen molar-refractivity contribution in [2.45, 2.75) is 31.7 Å². The maximum Gasteiger partial charge on any atom is 0.273 e. The van der Waals surface area contributed by atoms with Crippen molar-refractivity contribution in [3.63, 3.8) is 0 Å². The van der Waals surface area contributed by atoms with Crippen LogP contribution in [0.1, 0.15) is 37.8 Å². The molecule has 1 saturated heterocycles. The number of nitrogens with zero attached hydrogens (tertiary/aromatic N) is 3. The normalized spacial score (nSPS) is 19.4. The molecule has 3 aliphatic rings. The molecule has 6 rings (SSSR count). The number of hydrogen-bond donors (Lipinski definition) is 2. The smallest absolute Gasteiger partial charge is 0.273 e. The lowest BCUT2D eigenvalue weighted by atomic mass is 10.0. The van der Waals surface area contributed by atoms with Gasteiger partial charge < -0.3 is 34.6 Å². The second kappa shape index (κ2) is 12.6. The summed E-state index contributed by atoms with van der Waals surface area (Å²) in [5, 5.41) is 8.54. The van der Waals surface area contributed by atoms with Gasteiger partial charge >= 0.3 is 0 Å². The van der Waals surface area contributed by atoms with E-state index in [1.54, 1.807) is 28.5 Å². The van der Waals surface area contributed by atoms with Gasteiger partial charge in [0, 0.05) is 43.5 Å². The summed E-state index contributed by atoms with van der Waals surface area (Å²) >= 11 is 1.45. The maximum atomic E-state index is 13.5. The molecule has 0 aliphatic carbocycles. The summed E-state index contributed by atoms with van der Waals surface area (Å²) in [6, 6.07) is 11.7. The standard InChI is InChI=1S/C29H33N5O6S/c1-33(2)15-27-31-22(17-41-27)29(37)34-11-10-23-21(14-34)32-28(36)19-6-9-24(38-3)25(12-19)39-16-26(35)30-13-18-4-7-20(40-23)8-5-18/h4-9,12,17,21,23H,10-11,13-16H2,1-3H3,(H,30,35)(H,32,36)/t21-,23+/m0/s1. The lowest BCUT2D eigenvalue weighted by Gasteiger charge is -2.38. The molecular formula is C29H33N5O6S. The number of carbonyl (C=O) groups excluding carboxylic acids is 3. The number of amides is 3. The second-order valence-electron chi connectivity index (χ2n) is 10.2. The highest BCUT2D eigenvalue weighted by Gasteiger charge is 2.35. The molecule has 2 N–H and O–H groups in total. The van der Waals surface area contributed by atoms with Crippen LogP contribution in [0.15, 0.2) is 47.8 Å². The van der Waals surface area contributed by atoms with Crippen molar-refractivity contribution in [1.29, 1.82) is 0 Å². The van der Waals surface area contributed by atoms with Gasteiger partial charge in [0.15, 0.2) is 18.1 Å². The van der Waals surface area contributed by atoms with Crippen molar-refractivity contribution in [3.05, 3.63) is 69.7 Å². The lowest BCUT2D eigenvalue weighted by molar-refractivity contribution is -0.123. The summed E-state index contributed by atoms with van der Waals surface area (Å²) in [7, 11) is 5.40. The molecule has 4 bridgehead atoms. The van der Waals surface area contributed by atoms with E-state index in [-0.39, 0.29) is 42.7 Å². The highest BCUT2D eigenvalue weighted by Crippen LogP contribution is 2.29. The maximum absolute atomic E-state index is 13.5. The number of likely N-dealkylation sites (tertiary alicyclic amines) is 1. The Kier molecular flexibility index (Phi) is 8.70. The minimum Gasteiger partial charge on any atom is -0.493 e. The van der Waals surface area contributed by atoms with Crippen molar-refractivity contribution in [1.82, 2.24) is 25.4 Å². The van der Waals surface area contributed by atoms with E-state index in [4.69, 9.17) is 14.2 Å². The summed E-state index contributed by atoms with van der Waals surface area (Å²) in [6.45, 7) is 1.46. The Labute approximate surface area is 242 Å². The van der Waals surface area contributed by atoms with Crippen molar-refractivity contribution in [3.8, 4) is 17.2 Å². The third kappa shape index (κ3) is 6.95. The summed E-state index contributed by atoms with van der Waals surface area (Å²) in [5.41, 5.74) is 1.62. The van der Waals surface area contributed by atoms with Gasteiger partial charge in [-0.15, -0.1) is 11.3 Å². The summed E-state index contributed by atoms with van der Waals surface area (Å²) < 4.78 is 17.4. The molecule has 12 heteroatoms. The number of thiazole rings is 1. The molecule has 0 radical (unpaired) electrons. The first-order valence-corrected chi connectivity index (χ1v) is 14.2. The predicted octanol–water partition coefficient (Wildman–Crippen LogP) is 2.31. The molecule has 1 fully saturated rings. The Morgan fingerprint density at radius 3 is 2.76 bits per heavy atom. The fourth-order valence-corrected chi connectivity index (χ4v) is 5.63. The Hall–Kier alpha value is -4.16. The van der Waals surface area contributed by atoms with Crippen LogP contribution in [0.3, 0.4) is 0 Å². The fourth-order valence-electron chi connectivity index (χ4n) is 4.75. The van der Waals surface area contributed by atoms with Gasteiger partial charge in [0.05, 0.1) is 13.2 Å². The number of nitrogens with one attached hydrogen (secondary N) is 2. The van der Waals surface area contributed by atoms with Crippen molar-refractivity contribution >= 4 is 29.1 Å². The van der Waals surface area contributed by atoms with Crippen LogP contribution in [0.4, 0.5) is 0 Å². The monoisotopic (exact) mass is 579 g/mol. The fraction of sp³-hybridized carbons (Fsp3) is 0.379. The molecule has 216 valence electrons. The van der Waals surface area contributed by atoms with Gasteiger partial charge in [0.2, 0.25) is 0 Å². The second-order valence-corrected chi connectivity index (χ2v) is 11.2. The van der Waals surface area contributed by atoms with E-state index in [2.05, 4.69) is 15.6 Å². The minimum atomic E-state index is -0.495. The molecule has 0 spiro atoms. The van der Waals surface area contributed by atoms with Gasteiger partial charge in [-0.1, -0.05) is 12.1 Å². The molecular weight excluding hydrogens is 546 g/mol. The molecule has 2 atom stereocenters. The van der Waals surface area contributed by atoms with Crippen LogP contribution in [-0.4, -0.2) is 85.6 Å². The quantitative estimate of drug-likeness (QED) is 0.483. The van der Waals surface area contributed by atoms with Crippen LogP contribution >= 0.6 is 11.3 Å². The highest BCUT2D eigenvalue weighted by molar-refractivity contribution is 7.09. The number of rotatable bonds is 4. The first kappa shape index (κ1) is 28.4. The molecule has 2 aromatic carbocycles. The average molecular weight is 580 g/mol. The zero-order chi connectivity index (χ0) is 28.9. The van der Waals surface area contributed by atoms with E-state index in [0.29, 0.717) is 48.8 Å². The van der Waals surface area contributed by atoms with Crippen LogP contribution in [0.5, 0.6) is 17.2 Å². The van der Waals surface area contributed by atoms with Gasteiger partial charge in [-0.05, 0) is 50.0 Å². The molecule has 3 amide bonds. The van der Waals surface area contributed by atoms with Gasteiger partial charge in [-0.3, -0.25) is 14.4 Å². The lowest BCUT2D eigenvalue weighted by Crippen LogP contribution is -2.58. The number of aromatic nitrogens is 1. The summed E-state index contributed by atoms with van der Waals surface area (Å²) in [6.07, 6.45) is 0.137. The third-order valence-electron chi connectivity index (χ3n) is 6.86. The Balaban J connectivity index is 1.41. The van der Waals surface area contributed by atoms with Crippen LogP contribution in [0, 0.1) is 0 Å². The molecule has 3 aromatic rings. The van der Waals surface area contributed by atoms with E-state index in [1.807, 2.05) is 43.3 Å². The van der Waals surface area contributed by atoms with Gasteiger partial charge in [-0.2, -0.15) is 0 Å². The van der Waals surface area contributed by atoms with Crippen LogP contribution in [0.2, 0.25) is 0 Å². The SMILES string of the molecule is COc1ccc2cc1OCC(=O)NCc1ccc(cc1)O[C@@H]1CCN(C(=O)c3csc(CN(C)C)n3)C[C@@H]1NC2=O. The number of hydrogen-bond acceptors (Lipinski definition) is 9. The van der Waals surface area contributed by atoms with Crippen LogP contribution < -0.4 is 24.8 Å². The average Bonchev–Trinajstić information content (AvgIpc) is 3.43. The predicted molar refractivity (Wildman–Crippen MR) is 152 cm³/mol. The van der Waals surface area contributed by atoms with Crippen molar-refractivity contribution < 1.29 is 28.6 Å². The Bertz CT molecular complexity index is 1410. The van der Waals surface area contributed by atoms with Gasteiger partial charge in [0.25, 0.3) is 17.7 Å². The van der Waals surface area contributed by atoms with Crippen LogP contribution in [-0.2, 0) is 17.9 Å². The van der Waals surface area contributed by atoms with E-state index < -0.39 is 6.04 Å². The van der Waals surface area contributed by atoms with Gasteiger partial charge in [0.1, 0.15) is 22.6 Å². The molecule has 11 nitrogen and oxygen atoms in total. The van der Waals surface area contributed by atoms with Gasteiger partial charge in [-0.25, -0.2) is 4.98 Å². The van der Waals surface area contributed by atoms with E-state index in [9.17, 15) is 14.4 Å². The largest absolute Gasteiger partial charge is 0.493 e. The summed E-state index contributed by atoms with van der Waals surface area (Å²) in [4.78, 5) is 47.5. The highest BCUT2D eigenvalue weighted by atomic mass is 32.1. The Morgan fingerprint density at radius 1 is 1.20 bits per heavy atom. The van der Waals surface area contributed by atoms with E-state index in [0.717, 1.165) is 10.6 Å². The number of benzene rings is 2.